The number of hydroxylamine groups is 3. The van der Waals surface area contributed by atoms with Crippen LogP contribution >= 0.6 is 11.6 Å². The molecule has 18 heavy (non-hydrogen) atoms. The summed E-state index contributed by atoms with van der Waals surface area (Å²) in [5, 5.41) is 35.7. The first-order valence-electron chi connectivity index (χ1n) is 5.52. The minimum atomic E-state index is -0.970. The van der Waals surface area contributed by atoms with Crippen LogP contribution in [0.5, 0.6) is 0 Å². The maximum absolute atomic E-state index is 9.52. The third-order valence-corrected chi connectivity index (χ3v) is 2.11. The molecule has 0 amide bonds. The summed E-state index contributed by atoms with van der Waals surface area (Å²) in [6.07, 6.45) is -0.970. The molecule has 8 nitrogen and oxygen atoms in total. The molecule has 0 aliphatic heterocycles. The molecule has 0 aliphatic carbocycles. The molecule has 4 N–H and O–H groups in total. The SMILES string of the molecule is OCCO[N+](CC(O)CCl)(OCCO)OCCO. The molecular weight excluding hydrogens is 270 g/mol. The molecule has 0 aromatic rings. The summed E-state index contributed by atoms with van der Waals surface area (Å²) in [6.45, 7) is -1.31. The van der Waals surface area contributed by atoms with Crippen LogP contribution in [-0.2, 0) is 14.5 Å². The highest BCUT2D eigenvalue weighted by Crippen LogP contribution is 2.14. The van der Waals surface area contributed by atoms with Crippen molar-refractivity contribution in [2.75, 3.05) is 52.1 Å². The number of hydrogen-bond donors (Lipinski definition) is 4. The van der Waals surface area contributed by atoms with E-state index in [0.717, 1.165) is 0 Å². The lowest BCUT2D eigenvalue weighted by Crippen LogP contribution is -2.53. The smallest absolute Gasteiger partial charge is 0.205 e. The summed E-state index contributed by atoms with van der Waals surface area (Å²) in [7, 11) is 0. The second-order valence-electron chi connectivity index (χ2n) is 3.27. The van der Waals surface area contributed by atoms with Crippen LogP contribution in [-0.4, -0.2) is 83.6 Å². The van der Waals surface area contributed by atoms with Crippen LogP contribution < -0.4 is 0 Å². The second kappa shape index (κ2) is 10.9. The van der Waals surface area contributed by atoms with Gasteiger partial charge in [0.05, 0.1) is 30.7 Å². The van der Waals surface area contributed by atoms with E-state index >= 15 is 0 Å². The van der Waals surface area contributed by atoms with Crippen molar-refractivity contribution in [1.29, 1.82) is 0 Å². The van der Waals surface area contributed by atoms with E-state index in [9.17, 15) is 5.11 Å². The first-order valence-corrected chi connectivity index (χ1v) is 6.06. The predicted molar refractivity (Wildman–Crippen MR) is 61.0 cm³/mol. The van der Waals surface area contributed by atoms with E-state index in [1.807, 2.05) is 0 Å². The third-order valence-electron chi connectivity index (χ3n) is 1.75. The highest BCUT2D eigenvalue weighted by Gasteiger charge is 2.38. The Morgan fingerprint density at radius 3 is 1.56 bits per heavy atom. The Bertz CT molecular complexity index is 176. The predicted octanol–water partition coefficient (Wildman–Crippen LogP) is -1.83. The van der Waals surface area contributed by atoms with Gasteiger partial charge in [-0.05, 0) is 0 Å². The minimum Gasteiger partial charge on any atom is -0.394 e. The summed E-state index contributed by atoms with van der Waals surface area (Å²) in [5.41, 5.74) is 0. The summed E-state index contributed by atoms with van der Waals surface area (Å²) >= 11 is 5.49. The topological polar surface area (TPSA) is 109 Å². The molecule has 0 bridgehead atoms. The summed E-state index contributed by atoms with van der Waals surface area (Å²) in [6, 6.07) is 0. The molecule has 1 unspecified atom stereocenters. The van der Waals surface area contributed by atoms with E-state index in [1.54, 1.807) is 0 Å². The number of hydrogen-bond acceptors (Lipinski definition) is 7. The van der Waals surface area contributed by atoms with Gasteiger partial charge in [0.25, 0.3) is 0 Å². The Balaban J connectivity index is 4.61. The molecular formula is C9H21ClNO7+. The normalized spacial score (nSPS) is 13.8. The van der Waals surface area contributed by atoms with Gasteiger partial charge >= 0.3 is 0 Å². The molecule has 1 atom stereocenters. The Hall–Kier alpha value is -0.0300. The molecule has 0 aromatic heterocycles. The average molecular weight is 291 g/mol. The first-order chi connectivity index (χ1) is 8.64. The number of quaternary nitrogens is 1. The molecule has 0 aliphatic rings. The lowest BCUT2D eigenvalue weighted by Gasteiger charge is -2.30. The van der Waals surface area contributed by atoms with Crippen molar-refractivity contribution < 1.29 is 39.9 Å². The van der Waals surface area contributed by atoms with Crippen LogP contribution in [0.25, 0.3) is 0 Å². The van der Waals surface area contributed by atoms with Gasteiger partial charge in [0.15, 0.2) is 0 Å². The van der Waals surface area contributed by atoms with Crippen LogP contribution in [0.2, 0.25) is 0 Å². The molecule has 0 rings (SSSR count). The van der Waals surface area contributed by atoms with Gasteiger partial charge < -0.3 is 20.4 Å². The zero-order valence-corrected chi connectivity index (χ0v) is 10.8. The van der Waals surface area contributed by atoms with Crippen molar-refractivity contribution in [1.82, 2.24) is 0 Å². The van der Waals surface area contributed by atoms with Crippen molar-refractivity contribution in [3.63, 3.8) is 0 Å². The highest BCUT2D eigenvalue weighted by molar-refractivity contribution is 6.18. The Morgan fingerprint density at radius 1 is 0.889 bits per heavy atom. The van der Waals surface area contributed by atoms with E-state index in [2.05, 4.69) is 0 Å². The molecule has 0 fully saturated rings. The standard InChI is InChI=1S/C9H21ClNO7/c10-7-9(15)8-11(16-4-1-12,17-5-2-13)18-6-3-14/h9,12-15H,1-8H2/q+1. The fourth-order valence-electron chi connectivity index (χ4n) is 1.12. The van der Waals surface area contributed by atoms with Crippen LogP contribution in [0.1, 0.15) is 0 Å². The molecule has 110 valence electrons. The zero-order chi connectivity index (χ0) is 13.9. The number of alkyl halides is 1. The molecule has 0 heterocycles. The molecule has 0 spiro atoms. The maximum Gasteiger partial charge on any atom is 0.205 e. The van der Waals surface area contributed by atoms with Gasteiger partial charge in [-0.3, -0.25) is 0 Å². The minimum absolute atomic E-state index is 0.0620. The van der Waals surface area contributed by atoms with Crippen LogP contribution in [0.15, 0.2) is 0 Å². The van der Waals surface area contributed by atoms with Gasteiger partial charge in [-0.25, -0.2) is 0 Å². The van der Waals surface area contributed by atoms with Gasteiger partial charge in [-0.15, -0.1) is 26.1 Å². The number of aliphatic hydroxyl groups is 4. The Labute approximate surface area is 110 Å². The second-order valence-corrected chi connectivity index (χ2v) is 3.58. The van der Waals surface area contributed by atoms with Crippen molar-refractivity contribution >= 4 is 11.6 Å². The van der Waals surface area contributed by atoms with Crippen molar-refractivity contribution in [3.8, 4) is 0 Å². The summed E-state index contributed by atoms with van der Waals surface area (Å²) in [4.78, 5) is 14.6. The Morgan fingerprint density at radius 2 is 1.28 bits per heavy atom. The maximum atomic E-state index is 9.52. The van der Waals surface area contributed by atoms with Gasteiger partial charge in [0.1, 0.15) is 25.9 Å². The van der Waals surface area contributed by atoms with Gasteiger partial charge in [-0.2, -0.15) is 0 Å². The average Bonchev–Trinajstić information content (AvgIpc) is 2.40. The fraction of sp³-hybridized carbons (Fsp3) is 1.00. The number of halogens is 1. The van der Waals surface area contributed by atoms with Crippen molar-refractivity contribution in [2.24, 2.45) is 0 Å². The fourth-order valence-corrected chi connectivity index (χ4v) is 1.21. The first kappa shape index (κ1) is 18.0. The van der Waals surface area contributed by atoms with Crippen LogP contribution in [0.3, 0.4) is 0 Å². The van der Waals surface area contributed by atoms with Gasteiger partial charge in [-0.1, -0.05) is 0 Å². The lowest BCUT2D eigenvalue weighted by molar-refractivity contribution is -1.37. The van der Waals surface area contributed by atoms with Crippen molar-refractivity contribution in [2.45, 2.75) is 6.10 Å². The monoisotopic (exact) mass is 290 g/mol. The Kier molecular flexibility index (Phi) is 10.8. The van der Waals surface area contributed by atoms with Crippen LogP contribution in [0, 0.1) is 0 Å². The van der Waals surface area contributed by atoms with Crippen LogP contribution in [0.4, 0.5) is 0 Å². The zero-order valence-electron chi connectivity index (χ0n) is 10.1. The number of aliphatic hydroxyl groups excluding tert-OH is 4. The summed E-state index contributed by atoms with van der Waals surface area (Å²) in [5.74, 6) is -0.0620. The molecule has 0 saturated carbocycles. The van der Waals surface area contributed by atoms with E-state index < -0.39 is 11.1 Å². The quantitative estimate of drug-likeness (QED) is 0.190. The summed E-state index contributed by atoms with van der Waals surface area (Å²) < 4.78 is 0. The number of nitrogens with zero attached hydrogens (tertiary/aromatic N) is 1. The molecule has 0 saturated heterocycles. The van der Waals surface area contributed by atoms with E-state index in [1.165, 1.54) is 0 Å². The highest BCUT2D eigenvalue weighted by atomic mass is 35.5. The third kappa shape index (κ3) is 7.41. The van der Waals surface area contributed by atoms with E-state index in [4.69, 9.17) is 41.4 Å². The molecule has 9 heteroatoms. The molecule has 0 aromatic carbocycles. The van der Waals surface area contributed by atoms with Gasteiger partial charge in [0, 0.05) is 0 Å². The van der Waals surface area contributed by atoms with Crippen molar-refractivity contribution in [3.05, 3.63) is 0 Å². The largest absolute Gasteiger partial charge is 0.394 e. The molecule has 0 radical (unpaired) electrons. The van der Waals surface area contributed by atoms with Gasteiger partial charge in [0.2, 0.25) is 6.54 Å². The number of rotatable bonds is 12. The lowest BCUT2D eigenvalue weighted by atomic mass is 10.4. The van der Waals surface area contributed by atoms with E-state index in [0.29, 0.717) is 0 Å². The van der Waals surface area contributed by atoms with E-state index in [-0.39, 0.29) is 52.1 Å².